The van der Waals surface area contributed by atoms with E-state index in [1.807, 2.05) is 0 Å². The van der Waals surface area contributed by atoms with Crippen molar-refractivity contribution in [3.8, 4) is 0 Å². The van der Waals surface area contributed by atoms with Gasteiger partial charge >= 0.3 is 11.4 Å². The van der Waals surface area contributed by atoms with Gasteiger partial charge in [-0.25, -0.2) is 9.59 Å². The SMILES string of the molecule is CCn1c(=O)oc(=O)c2cc(Cl)cc(Cl)c21. The summed E-state index contributed by atoms with van der Waals surface area (Å²) in [6.45, 7) is 2.12. The van der Waals surface area contributed by atoms with Crippen LogP contribution in [0.3, 0.4) is 0 Å². The molecule has 2 rings (SSSR count). The molecule has 0 spiro atoms. The highest BCUT2D eigenvalue weighted by Crippen LogP contribution is 2.24. The maximum Gasteiger partial charge on any atom is 0.422 e. The molecule has 1 aromatic heterocycles. The van der Waals surface area contributed by atoms with Crippen LogP contribution in [0.1, 0.15) is 6.92 Å². The molecule has 0 bridgehead atoms. The second-order valence-electron chi connectivity index (χ2n) is 3.18. The van der Waals surface area contributed by atoms with Gasteiger partial charge in [-0.2, -0.15) is 0 Å². The zero-order chi connectivity index (χ0) is 11.9. The van der Waals surface area contributed by atoms with Crippen molar-refractivity contribution < 1.29 is 4.42 Å². The molecule has 0 N–H and O–H groups in total. The minimum Gasteiger partial charge on any atom is -0.372 e. The van der Waals surface area contributed by atoms with E-state index in [9.17, 15) is 9.59 Å². The Bertz CT molecular complexity index is 672. The van der Waals surface area contributed by atoms with Crippen LogP contribution in [0.4, 0.5) is 0 Å². The maximum atomic E-state index is 11.5. The van der Waals surface area contributed by atoms with Crippen LogP contribution in [0, 0.1) is 0 Å². The standard InChI is InChI=1S/C10H7Cl2NO3/c1-2-13-8-6(9(14)16-10(13)15)3-5(11)4-7(8)12/h3-4H,2H2,1H3. The van der Waals surface area contributed by atoms with Crippen LogP contribution in [0.5, 0.6) is 0 Å². The smallest absolute Gasteiger partial charge is 0.372 e. The van der Waals surface area contributed by atoms with Gasteiger partial charge in [0.1, 0.15) is 0 Å². The number of aromatic nitrogens is 1. The molecule has 0 amide bonds. The lowest BCUT2D eigenvalue weighted by atomic mass is 10.2. The molecule has 1 heterocycles. The molecule has 0 aliphatic rings. The average molecular weight is 260 g/mol. The molecule has 16 heavy (non-hydrogen) atoms. The molecule has 0 saturated carbocycles. The van der Waals surface area contributed by atoms with E-state index in [0.29, 0.717) is 17.1 Å². The van der Waals surface area contributed by atoms with Gasteiger partial charge in [-0.3, -0.25) is 4.57 Å². The predicted octanol–water partition coefficient (Wildman–Crippen LogP) is 2.28. The highest BCUT2D eigenvalue weighted by atomic mass is 35.5. The summed E-state index contributed by atoms with van der Waals surface area (Å²) in [7, 11) is 0. The number of aryl methyl sites for hydroxylation is 1. The Morgan fingerprint density at radius 2 is 2.00 bits per heavy atom. The van der Waals surface area contributed by atoms with Gasteiger partial charge in [0.05, 0.1) is 15.9 Å². The van der Waals surface area contributed by atoms with E-state index in [2.05, 4.69) is 4.42 Å². The fraction of sp³-hybridized carbons (Fsp3) is 0.200. The zero-order valence-electron chi connectivity index (χ0n) is 8.29. The summed E-state index contributed by atoms with van der Waals surface area (Å²) in [6.07, 6.45) is 0. The Morgan fingerprint density at radius 3 is 2.62 bits per heavy atom. The van der Waals surface area contributed by atoms with E-state index in [1.165, 1.54) is 16.7 Å². The van der Waals surface area contributed by atoms with Gasteiger partial charge in [-0.15, -0.1) is 0 Å². The van der Waals surface area contributed by atoms with Crippen molar-refractivity contribution in [1.29, 1.82) is 0 Å². The van der Waals surface area contributed by atoms with E-state index >= 15 is 0 Å². The van der Waals surface area contributed by atoms with Crippen molar-refractivity contribution in [2.45, 2.75) is 13.5 Å². The maximum absolute atomic E-state index is 11.5. The lowest BCUT2D eigenvalue weighted by molar-refractivity contribution is 0.421. The van der Waals surface area contributed by atoms with Gasteiger partial charge in [0.25, 0.3) is 0 Å². The second kappa shape index (κ2) is 3.96. The van der Waals surface area contributed by atoms with Crippen LogP contribution in [0.15, 0.2) is 26.1 Å². The molecular formula is C10H7Cl2NO3. The molecule has 84 valence electrons. The third-order valence-corrected chi connectivity index (χ3v) is 2.74. The predicted molar refractivity (Wildman–Crippen MR) is 62.4 cm³/mol. The minimum absolute atomic E-state index is 0.207. The number of nitrogens with zero attached hydrogens (tertiary/aromatic N) is 1. The summed E-state index contributed by atoms with van der Waals surface area (Å²) in [5.41, 5.74) is -0.371. The first-order valence-electron chi connectivity index (χ1n) is 4.57. The van der Waals surface area contributed by atoms with Gasteiger partial charge in [-0.1, -0.05) is 23.2 Å². The van der Waals surface area contributed by atoms with Crippen LogP contribution >= 0.6 is 23.2 Å². The molecule has 0 aliphatic heterocycles. The first-order chi connectivity index (χ1) is 7.54. The van der Waals surface area contributed by atoms with E-state index in [1.54, 1.807) is 6.92 Å². The molecule has 6 heteroatoms. The Morgan fingerprint density at radius 1 is 1.31 bits per heavy atom. The summed E-state index contributed by atoms with van der Waals surface area (Å²) in [4.78, 5) is 22.9. The summed E-state index contributed by atoms with van der Waals surface area (Å²) in [6, 6.07) is 2.91. The lowest BCUT2D eigenvalue weighted by Crippen LogP contribution is -2.24. The number of benzene rings is 1. The van der Waals surface area contributed by atoms with Crippen molar-refractivity contribution in [2.75, 3.05) is 0 Å². The molecular weight excluding hydrogens is 253 g/mol. The Hall–Kier alpha value is -1.26. The van der Waals surface area contributed by atoms with Gasteiger partial charge < -0.3 is 4.42 Å². The first-order valence-corrected chi connectivity index (χ1v) is 5.33. The summed E-state index contributed by atoms with van der Waals surface area (Å²) >= 11 is 11.7. The van der Waals surface area contributed by atoms with Crippen LogP contribution in [0.2, 0.25) is 10.0 Å². The summed E-state index contributed by atoms with van der Waals surface area (Å²) in [5, 5.41) is 0.791. The number of hydrogen-bond donors (Lipinski definition) is 0. The van der Waals surface area contributed by atoms with Crippen molar-refractivity contribution in [1.82, 2.24) is 4.57 Å². The van der Waals surface area contributed by atoms with Crippen molar-refractivity contribution in [2.24, 2.45) is 0 Å². The molecule has 0 unspecified atom stereocenters. The van der Waals surface area contributed by atoms with Crippen LogP contribution in [-0.2, 0) is 6.54 Å². The molecule has 1 aromatic carbocycles. The van der Waals surface area contributed by atoms with Crippen molar-refractivity contribution in [3.05, 3.63) is 43.1 Å². The van der Waals surface area contributed by atoms with Crippen LogP contribution < -0.4 is 11.4 Å². The Labute approximate surface area is 100 Å². The van der Waals surface area contributed by atoms with Gasteiger partial charge in [0, 0.05) is 11.6 Å². The molecule has 2 aromatic rings. The lowest BCUT2D eigenvalue weighted by Gasteiger charge is -2.07. The van der Waals surface area contributed by atoms with Gasteiger partial charge in [-0.05, 0) is 19.1 Å². The Kier molecular flexibility index (Phi) is 2.78. The molecule has 0 atom stereocenters. The average Bonchev–Trinajstić information content (AvgIpc) is 2.20. The molecule has 0 radical (unpaired) electrons. The minimum atomic E-state index is -0.728. The highest BCUT2D eigenvalue weighted by molar-refractivity contribution is 6.38. The first kappa shape index (κ1) is 11.2. The molecule has 0 aliphatic carbocycles. The highest BCUT2D eigenvalue weighted by Gasteiger charge is 2.12. The van der Waals surface area contributed by atoms with Crippen molar-refractivity contribution in [3.63, 3.8) is 0 Å². The third-order valence-electron chi connectivity index (χ3n) is 2.23. The van der Waals surface area contributed by atoms with Crippen LogP contribution in [0.25, 0.3) is 10.9 Å². The fourth-order valence-corrected chi connectivity index (χ4v) is 2.16. The van der Waals surface area contributed by atoms with E-state index in [4.69, 9.17) is 23.2 Å². The second-order valence-corrected chi connectivity index (χ2v) is 4.03. The Balaban J connectivity index is 3.12. The normalized spacial score (nSPS) is 10.9. The summed E-state index contributed by atoms with van der Waals surface area (Å²) in [5.74, 6) is -0.718. The molecule has 0 fully saturated rings. The number of rotatable bonds is 1. The van der Waals surface area contributed by atoms with E-state index in [-0.39, 0.29) is 10.4 Å². The third kappa shape index (κ3) is 1.64. The van der Waals surface area contributed by atoms with Crippen molar-refractivity contribution >= 4 is 34.1 Å². The topological polar surface area (TPSA) is 52.2 Å². The number of fused-ring (bicyclic) bond motifs is 1. The van der Waals surface area contributed by atoms with E-state index in [0.717, 1.165) is 0 Å². The molecule has 0 saturated heterocycles. The monoisotopic (exact) mass is 259 g/mol. The fourth-order valence-electron chi connectivity index (χ4n) is 1.56. The summed E-state index contributed by atoms with van der Waals surface area (Å²) < 4.78 is 5.84. The van der Waals surface area contributed by atoms with E-state index < -0.39 is 11.4 Å². The van der Waals surface area contributed by atoms with Gasteiger partial charge in [0.2, 0.25) is 0 Å². The number of halogens is 2. The largest absolute Gasteiger partial charge is 0.422 e. The quantitative estimate of drug-likeness (QED) is 0.790. The zero-order valence-corrected chi connectivity index (χ0v) is 9.80. The molecule has 4 nitrogen and oxygen atoms in total. The van der Waals surface area contributed by atoms with Crippen LogP contribution in [-0.4, -0.2) is 4.57 Å². The number of hydrogen-bond acceptors (Lipinski definition) is 3. The van der Waals surface area contributed by atoms with Gasteiger partial charge in [0.15, 0.2) is 0 Å².